The van der Waals surface area contributed by atoms with E-state index >= 15 is 0 Å². The number of nitrogens with zero attached hydrogens (tertiary/aromatic N) is 1. The molecule has 4 heteroatoms. The maximum absolute atomic E-state index is 12.1. The SMILES string of the molecule is CC(=O)N(CC(=O)NCCC1=CCCCC1)c1cccc(C)c1. The van der Waals surface area contributed by atoms with Crippen LogP contribution in [0.2, 0.25) is 0 Å². The van der Waals surface area contributed by atoms with E-state index in [4.69, 9.17) is 0 Å². The van der Waals surface area contributed by atoms with Crippen molar-refractivity contribution in [1.82, 2.24) is 5.32 Å². The number of hydrogen-bond acceptors (Lipinski definition) is 2. The van der Waals surface area contributed by atoms with Crippen molar-refractivity contribution in [2.24, 2.45) is 0 Å². The third kappa shape index (κ3) is 5.55. The molecule has 0 atom stereocenters. The average Bonchev–Trinajstić information content (AvgIpc) is 2.53. The molecule has 0 spiro atoms. The Morgan fingerprint density at radius 3 is 2.74 bits per heavy atom. The molecule has 2 rings (SSSR count). The van der Waals surface area contributed by atoms with Crippen LogP contribution >= 0.6 is 0 Å². The highest BCUT2D eigenvalue weighted by atomic mass is 16.2. The lowest BCUT2D eigenvalue weighted by molar-refractivity contribution is -0.123. The first-order chi connectivity index (χ1) is 11.1. The maximum atomic E-state index is 12.1. The van der Waals surface area contributed by atoms with Crippen LogP contribution in [0.15, 0.2) is 35.9 Å². The summed E-state index contributed by atoms with van der Waals surface area (Å²) in [6, 6.07) is 7.64. The fraction of sp³-hybridized carbons (Fsp3) is 0.474. The largest absolute Gasteiger partial charge is 0.354 e. The zero-order valence-electron chi connectivity index (χ0n) is 14.1. The van der Waals surface area contributed by atoms with Crippen molar-refractivity contribution in [1.29, 1.82) is 0 Å². The first-order valence-corrected chi connectivity index (χ1v) is 8.35. The Labute approximate surface area is 138 Å². The van der Waals surface area contributed by atoms with Crippen molar-refractivity contribution in [2.45, 2.75) is 46.0 Å². The second-order valence-electron chi connectivity index (χ2n) is 6.15. The highest BCUT2D eigenvalue weighted by Gasteiger charge is 2.15. The van der Waals surface area contributed by atoms with Crippen LogP contribution in [-0.2, 0) is 9.59 Å². The molecule has 0 aromatic heterocycles. The Morgan fingerprint density at radius 2 is 2.09 bits per heavy atom. The summed E-state index contributed by atoms with van der Waals surface area (Å²) in [4.78, 5) is 25.5. The molecule has 124 valence electrons. The van der Waals surface area contributed by atoms with Crippen molar-refractivity contribution >= 4 is 17.5 Å². The number of anilines is 1. The second kappa shape index (κ2) is 8.51. The summed E-state index contributed by atoms with van der Waals surface area (Å²) in [6.07, 6.45) is 8.05. The van der Waals surface area contributed by atoms with Gasteiger partial charge in [0.25, 0.3) is 0 Å². The number of carbonyl (C=O) groups excluding carboxylic acids is 2. The van der Waals surface area contributed by atoms with Gasteiger partial charge in [0.05, 0.1) is 0 Å². The lowest BCUT2D eigenvalue weighted by Crippen LogP contribution is -2.40. The van der Waals surface area contributed by atoms with E-state index in [1.54, 1.807) is 0 Å². The summed E-state index contributed by atoms with van der Waals surface area (Å²) in [6.45, 7) is 4.17. The molecule has 0 unspecified atom stereocenters. The molecule has 0 saturated carbocycles. The first kappa shape index (κ1) is 17.3. The van der Waals surface area contributed by atoms with Gasteiger partial charge in [0.15, 0.2) is 0 Å². The first-order valence-electron chi connectivity index (χ1n) is 8.35. The van der Waals surface area contributed by atoms with Crippen LogP contribution in [0, 0.1) is 6.92 Å². The summed E-state index contributed by atoms with van der Waals surface area (Å²) >= 11 is 0. The van der Waals surface area contributed by atoms with E-state index < -0.39 is 0 Å². The molecule has 0 bridgehead atoms. The van der Waals surface area contributed by atoms with Gasteiger partial charge in [0.2, 0.25) is 11.8 Å². The van der Waals surface area contributed by atoms with Crippen LogP contribution in [0.5, 0.6) is 0 Å². The number of allylic oxidation sites excluding steroid dienone is 1. The Balaban J connectivity index is 1.86. The molecule has 0 saturated heterocycles. The smallest absolute Gasteiger partial charge is 0.240 e. The van der Waals surface area contributed by atoms with Gasteiger partial charge in [-0.15, -0.1) is 0 Å². The number of rotatable bonds is 6. The predicted octanol–water partition coefficient (Wildman–Crippen LogP) is 3.35. The van der Waals surface area contributed by atoms with Crippen LogP contribution in [0.3, 0.4) is 0 Å². The van der Waals surface area contributed by atoms with Gasteiger partial charge in [-0.25, -0.2) is 0 Å². The Bertz CT molecular complexity index is 593. The van der Waals surface area contributed by atoms with Crippen molar-refractivity contribution in [3.8, 4) is 0 Å². The van der Waals surface area contributed by atoms with E-state index in [-0.39, 0.29) is 18.4 Å². The molecule has 23 heavy (non-hydrogen) atoms. The topological polar surface area (TPSA) is 49.4 Å². The molecule has 1 aliphatic rings. The molecule has 0 heterocycles. The fourth-order valence-electron chi connectivity index (χ4n) is 2.87. The highest BCUT2D eigenvalue weighted by molar-refractivity contribution is 5.97. The summed E-state index contributed by atoms with van der Waals surface area (Å²) in [5.41, 5.74) is 3.28. The molecule has 1 aromatic carbocycles. The second-order valence-corrected chi connectivity index (χ2v) is 6.15. The molecule has 0 radical (unpaired) electrons. The van der Waals surface area contributed by atoms with E-state index in [2.05, 4.69) is 11.4 Å². The average molecular weight is 314 g/mol. The lowest BCUT2D eigenvalue weighted by Gasteiger charge is -2.21. The molecule has 0 aliphatic heterocycles. The molecular weight excluding hydrogens is 288 g/mol. The number of hydrogen-bond donors (Lipinski definition) is 1. The minimum absolute atomic E-state index is 0.0673. The van der Waals surface area contributed by atoms with E-state index in [1.807, 2.05) is 31.2 Å². The van der Waals surface area contributed by atoms with E-state index in [9.17, 15) is 9.59 Å². The Morgan fingerprint density at radius 1 is 1.26 bits per heavy atom. The van der Waals surface area contributed by atoms with Gasteiger partial charge in [-0.05, 0) is 56.7 Å². The predicted molar refractivity (Wildman–Crippen MR) is 93.4 cm³/mol. The molecule has 1 N–H and O–H groups in total. The number of benzene rings is 1. The zero-order chi connectivity index (χ0) is 16.7. The lowest BCUT2D eigenvalue weighted by atomic mass is 9.97. The van der Waals surface area contributed by atoms with Gasteiger partial charge < -0.3 is 10.2 Å². The zero-order valence-corrected chi connectivity index (χ0v) is 14.1. The van der Waals surface area contributed by atoms with Gasteiger partial charge in [0, 0.05) is 19.2 Å². The van der Waals surface area contributed by atoms with Crippen molar-refractivity contribution < 1.29 is 9.59 Å². The minimum atomic E-state index is -0.124. The standard InChI is InChI=1S/C19H26N2O2/c1-15-7-6-10-18(13-15)21(16(2)22)14-19(23)20-12-11-17-8-4-3-5-9-17/h6-8,10,13H,3-5,9,11-12,14H2,1-2H3,(H,20,23). The van der Waals surface area contributed by atoms with E-state index in [1.165, 1.54) is 30.2 Å². The van der Waals surface area contributed by atoms with Crippen LogP contribution in [0.1, 0.15) is 44.6 Å². The van der Waals surface area contributed by atoms with Gasteiger partial charge >= 0.3 is 0 Å². The van der Waals surface area contributed by atoms with Crippen molar-refractivity contribution in [3.05, 3.63) is 41.5 Å². The van der Waals surface area contributed by atoms with E-state index in [0.717, 1.165) is 30.5 Å². The third-order valence-electron chi connectivity index (χ3n) is 4.15. The molecule has 0 fully saturated rings. The number of nitrogens with one attached hydrogen (secondary N) is 1. The molecular formula is C19H26N2O2. The molecule has 2 amide bonds. The van der Waals surface area contributed by atoms with Crippen molar-refractivity contribution in [2.75, 3.05) is 18.0 Å². The normalized spacial score (nSPS) is 14.1. The summed E-state index contributed by atoms with van der Waals surface area (Å²) < 4.78 is 0. The third-order valence-corrected chi connectivity index (χ3v) is 4.15. The number of amides is 2. The Hall–Kier alpha value is -2.10. The van der Waals surface area contributed by atoms with Crippen LogP contribution < -0.4 is 10.2 Å². The highest BCUT2D eigenvalue weighted by Crippen LogP contribution is 2.19. The number of carbonyl (C=O) groups is 2. The maximum Gasteiger partial charge on any atom is 0.240 e. The quantitative estimate of drug-likeness (QED) is 0.819. The van der Waals surface area contributed by atoms with Gasteiger partial charge in [-0.2, -0.15) is 0 Å². The molecule has 4 nitrogen and oxygen atoms in total. The minimum Gasteiger partial charge on any atom is -0.354 e. The molecule has 1 aromatic rings. The van der Waals surface area contributed by atoms with Gasteiger partial charge in [-0.3, -0.25) is 9.59 Å². The summed E-state index contributed by atoms with van der Waals surface area (Å²) in [5.74, 6) is -0.237. The summed E-state index contributed by atoms with van der Waals surface area (Å²) in [7, 11) is 0. The van der Waals surface area contributed by atoms with Crippen molar-refractivity contribution in [3.63, 3.8) is 0 Å². The monoisotopic (exact) mass is 314 g/mol. The Kier molecular flexibility index (Phi) is 6.39. The van der Waals surface area contributed by atoms with Crippen LogP contribution in [0.25, 0.3) is 0 Å². The van der Waals surface area contributed by atoms with Crippen LogP contribution in [-0.4, -0.2) is 24.9 Å². The van der Waals surface area contributed by atoms with Crippen LogP contribution in [0.4, 0.5) is 5.69 Å². The molecule has 1 aliphatic carbocycles. The fourth-order valence-corrected chi connectivity index (χ4v) is 2.87. The van der Waals surface area contributed by atoms with Gasteiger partial charge in [0.1, 0.15) is 6.54 Å². The van der Waals surface area contributed by atoms with Gasteiger partial charge in [-0.1, -0.05) is 23.8 Å². The van der Waals surface area contributed by atoms with E-state index in [0.29, 0.717) is 6.54 Å². The number of aryl methyl sites for hydroxylation is 1. The summed E-state index contributed by atoms with van der Waals surface area (Å²) in [5, 5.41) is 2.93.